The van der Waals surface area contributed by atoms with Gasteiger partial charge in [0.25, 0.3) is 5.56 Å². The molecular weight excluding hydrogens is 228 g/mol. The van der Waals surface area contributed by atoms with Gasteiger partial charge in [0.2, 0.25) is 0 Å². The van der Waals surface area contributed by atoms with E-state index in [0.717, 1.165) is 37.3 Å². The van der Waals surface area contributed by atoms with Gasteiger partial charge < -0.3 is 4.98 Å². The number of aromatic amines is 1. The van der Waals surface area contributed by atoms with Gasteiger partial charge in [0.1, 0.15) is 11.2 Å². The van der Waals surface area contributed by atoms with E-state index in [9.17, 15) is 4.79 Å². The Morgan fingerprint density at radius 1 is 1.44 bits per heavy atom. The normalized spacial score (nSPS) is 15.4. The Hall–Kier alpha value is -1.65. The third-order valence-electron chi connectivity index (χ3n) is 3.46. The zero-order chi connectivity index (χ0) is 12.5. The molecule has 0 bridgehead atoms. The van der Waals surface area contributed by atoms with Crippen molar-refractivity contribution in [2.24, 2.45) is 0 Å². The Labute approximate surface area is 105 Å². The van der Waals surface area contributed by atoms with Crippen LogP contribution in [0.4, 0.5) is 0 Å². The first kappa shape index (κ1) is 11.4. The molecule has 0 spiro atoms. The van der Waals surface area contributed by atoms with Crippen molar-refractivity contribution in [2.45, 2.75) is 51.5 Å². The molecule has 2 aromatic heterocycles. The molecule has 0 atom stereocenters. The summed E-state index contributed by atoms with van der Waals surface area (Å²) in [6, 6.07) is 0. The molecule has 96 valence electrons. The summed E-state index contributed by atoms with van der Waals surface area (Å²) < 4.78 is 1.87. The van der Waals surface area contributed by atoms with Crippen molar-refractivity contribution in [1.29, 1.82) is 0 Å². The number of unbranched alkanes of at least 4 members (excludes halogenated alkanes) is 2. The molecule has 0 amide bonds. The molecular formula is C13H18N4O. The number of nitrogens with one attached hydrogen (secondary N) is 1. The molecule has 0 saturated heterocycles. The summed E-state index contributed by atoms with van der Waals surface area (Å²) in [5, 5.41) is 4.89. The number of aryl methyl sites for hydroxylation is 1. The number of H-pyrrole nitrogens is 1. The highest BCUT2D eigenvalue weighted by Gasteiger charge is 2.27. The first-order chi connectivity index (χ1) is 8.79. The molecule has 0 radical (unpaired) electrons. The highest BCUT2D eigenvalue weighted by molar-refractivity contribution is 5.73. The minimum atomic E-state index is -0.0522. The Morgan fingerprint density at radius 2 is 2.28 bits per heavy atom. The molecule has 0 aromatic carbocycles. The van der Waals surface area contributed by atoms with Crippen LogP contribution in [0.2, 0.25) is 0 Å². The second kappa shape index (κ2) is 4.55. The molecule has 2 aromatic rings. The van der Waals surface area contributed by atoms with E-state index in [1.165, 1.54) is 12.8 Å². The van der Waals surface area contributed by atoms with Crippen LogP contribution in [0, 0.1) is 0 Å². The third kappa shape index (κ3) is 2.05. The van der Waals surface area contributed by atoms with E-state index in [4.69, 9.17) is 0 Å². The van der Waals surface area contributed by atoms with Crippen LogP contribution in [0.15, 0.2) is 11.0 Å². The molecule has 1 saturated carbocycles. The van der Waals surface area contributed by atoms with Gasteiger partial charge >= 0.3 is 0 Å². The van der Waals surface area contributed by atoms with Crippen LogP contribution >= 0.6 is 0 Å². The SMILES string of the molecule is CCCCCn1ncc2c(=O)[nH]c(C3CC3)nc21. The van der Waals surface area contributed by atoms with Gasteiger partial charge in [-0.05, 0) is 19.3 Å². The van der Waals surface area contributed by atoms with Crippen molar-refractivity contribution in [1.82, 2.24) is 19.7 Å². The standard InChI is InChI=1S/C13H18N4O/c1-2-3-4-7-17-12-10(8-14-17)13(18)16-11(15-12)9-5-6-9/h8-9H,2-7H2,1H3,(H,15,16,18). The van der Waals surface area contributed by atoms with E-state index in [1.54, 1.807) is 6.20 Å². The molecule has 5 nitrogen and oxygen atoms in total. The molecule has 18 heavy (non-hydrogen) atoms. The highest BCUT2D eigenvalue weighted by atomic mass is 16.1. The molecule has 1 fully saturated rings. The minimum absolute atomic E-state index is 0.0522. The summed E-state index contributed by atoms with van der Waals surface area (Å²) in [5.41, 5.74) is 0.695. The number of rotatable bonds is 5. The average Bonchev–Trinajstić information content (AvgIpc) is 3.13. The Balaban J connectivity index is 1.97. The first-order valence-corrected chi connectivity index (χ1v) is 6.75. The molecule has 0 unspecified atom stereocenters. The number of nitrogens with zero attached hydrogens (tertiary/aromatic N) is 3. The van der Waals surface area contributed by atoms with Crippen molar-refractivity contribution >= 4 is 11.0 Å². The van der Waals surface area contributed by atoms with Crippen LogP contribution in [0.5, 0.6) is 0 Å². The lowest BCUT2D eigenvalue weighted by molar-refractivity contribution is 0.563. The average molecular weight is 246 g/mol. The maximum Gasteiger partial charge on any atom is 0.262 e. The van der Waals surface area contributed by atoms with E-state index < -0.39 is 0 Å². The summed E-state index contributed by atoms with van der Waals surface area (Å²) in [6.45, 7) is 3.02. The van der Waals surface area contributed by atoms with E-state index in [0.29, 0.717) is 11.3 Å². The van der Waals surface area contributed by atoms with E-state index in [1.807, 2.05) is 4.68 Å². The summed E-state index contributed by atoms with van der Waals surface area (Å²) in [4.78, 5) is 19.4. The van der Waals surface area contributed by atoms with Crippen LogP contribution in [-0.2, 0) is 6.54 Å². The van der Waals surface area contributed by atoms with Gasteiger partial charge in [-0.1, -0.05) is 19.8 Å². The lowest BCUT2D eigenvalue weighted by Gasteiger charge is -2.03. The quantitative estimate of drug-likeness (QED) is 0.822. The fourth-order valence-electron chi connectivity index (χ4n) is 2.21. The fourth-order valence-corrected chi connectivity index (χ4v) is 2.21. The summed E-state index contributed by atoms with van der Waals surface area (Å²) in [5.74, 6) is 1.30. The first-order valence-electron chi connectivity index (χ1n) is 6.75. The predicted octanol–water partition coefficient (Wildman–Crippen LogP) is 2.19. The van der Waals surface area contributed by atoms with Gasteiger partial charge in [-0.3, -0.25) is 4.79 Å². The number of aromatic nitrogens is 4. The molecule has 1 aliphatic rings. The van der Waals surface area contributed by atoms with Crippen molar-refractivity contribution in [2.75, 3.05) is 0 Å². The van der Waals surface area contributed by atoms with Crippen molar-refractivity contribution < 1.29 is 0 Å². The predicted molar refractivity (Wildman–Crippen MR) is 69.6 cm³/mol. The molecule has 2 heterocycles. The van der Waals surface area contributed by atoms with Crippen LogP contribution < -0.4 is 5.56 Å². The van der Waals surface area contributed by atoms with Gasteiger partial charge in [-0.15, -0.1) is 0 Å². The Morgan fingerprint density at radius 3 is 3.00 bits per heavy atom. The second-order valence-corrected chi connectivity index (χ2v) is 5.04. The lowest BCUT2D eigenvalue weighted by Crippen LogP contribution is -2.12. The van der Waals surface area contributed by atoms with Gasteiger partial charge in [0, 0.05) is 12.5 Å². The summed E-state index contributed by atoms with van der Waals surface area (Å²) in [6.07, 6.45) is 7.35. The van der Waals surface area contributed by atoms with Crippen molar-refractivity contribution in [3.05, 3.63) is 22.4 Å². The van der Waals surface area contributed by atoms with Crippen LogP contribution in [0.25, 0.3) is 11.0 Å². The van der Waals surface area contributed by atoms with Crippen LogP contribution in [0.3, 0.4) is 0 Å². The maximum atomic E-state index is 11.9. The largest absolute Gasteiger partial charge is 0.310 e. The highest BCUT2D eigenvalue weighted by Crippen LogP contribution is 2.37. The second-order valence-electron chi connectivity index (χ2n) is 5.04. The Bertz CT molecular complexity index is 609. The number of hydrogen-bond acceptors (Lipinski definition) is 3. The third-order valence-corrected chi connectivity index (χ3v) is 3.46. The van der Waals surface area contributed by atoms with Crippen LogP contribution in [-0.4, -0.2) is 19.7 Å². The molecule has 3 rings (SSSR count). The van der Waals surface area contributed by atoms with Gasteiger partial charge in [0.05, 0.1) is 6.20 Å². The van der Waals surface area contributed by atoms with Gasteiger partial charge in [0.15, 0.2) is 5.65 Å². The van der Waals surface area contributed by atoms with E-state index >= 15 is 0 Å². The monoisotopic (exact) mass is 246 g/mol. The van der Waals surface area contributed by atoms with Crippen molar-refractivity contribution in [3.8, 4) is 0 Å². The number of hydrogen-bond donors (Lipinski definition) is 1. The molecule has 1 aliphatic carbocycles. The zero-order valence-corrected chi connectivity index (χ0v) is 10.6. The van der Waals surface area contributed by atoms with Gasteiger partial charge in [-0.25, -0.2) is 9.67 Å². The fraction of sp³-hybridized carbons (Fsp3) is 0.615. The van der Waals surface area contributed by atoms with E-state index in [-0.39, 0.29) is 5.56 Å². The zero-order valence-electron chi connectivity index (χ0n) is 10.6. The number of fused-ring (bicyclic) bond motifs is 1. The smallest absolute Gasteiger partial charge is 0.262 e. The lowest BCUT2D eigenvalue weighted by atomic mass is 10.2. The topological polar surface area (TPSA) is 63.6 Å². The van der Waals surface area contributed by atoms with Crippen LogP contribution in [0.1, 0.15) is 50.8 Å². The van der Waals surface area contributed by atoms with Gasteiger partial charge in [-0.2, -0.15) is 5.10 Å². The molecule has 0 aliphatic heterocycles. The minimum Gasteiger partial charge on any atom is -0.310 e. The summed E-state index contributed by atoms with van der Waals surface area (Å²) in [7, 11) is 0. The van der Waals surface area contributed by atoms with Crippen molar-refractivity contribution in [3.63, 3.8) is 0 Å². The molecule has 5 heteroatoms. The Kier molecular flexibility index (Phi) is 2.89. The summed E-state index contributed by atoms with van der Waals surface area (Å²) >= 11 is 0. The van der Waals surface area contributed by atoms with E-state index in [2.05, 4.69) is 22.0 Å². The maximum absolute atomic E-state index is 11.9. The molecule has 1 N–H and O–H groups in total.